The lowest BCUT2D eigenvalue weighted by atomic mass is 10.1. The molecule has 1 unspecified atom stereocenters. The molecule has 96 valence electrons. The molecule has 7 nitrogen and oxygen atoms in total. The van der Waals surface area contributed by atoms with Gasteiger partial charge in [0.15, 0.2) is 0 Å². The summed E-state index contributed by atoms with van der Waals surface area (Å²) in [4.78, 5) is 32.8. The van der Waals surface area contributed by atoms with E-state index < -0.39 is 29.9 Å². The van der Waals surface area contributed by atoms with Gasteiger partial charge in [-0.1, -0.05) is 0 Å². The third-order valence-corrected chi connectivity index (χ3v) is 3.23. The van der Waals surface area contributed by atoms with Crippen LogP contribution in [0.1, 0.15) is 12.8 Å². The molecule has 1 heterocycles. The number of nitrogens with one attached hydrogen (secondary N) is 2. The molecule has 1 aliphatic heterocycles. The summed E-state index contributed by atoms with van der Waals surface area (Å²) in [7, 11) is 0. The van der Waals surface area contributed by atoms with Crippen LogP contribution < -0.4 is 10.6 Å². The van der Waals surface area contributed by atoms with Crippen LogP contribution in [0.25, 0.3) is 0 Å². The molecule has 4 N–H and O–H groups in total. The minimum Gasteiger partial charge on any atom is -0.481 e. The van der Waals surface area contributed by atoms with Crippen LogP contribution in [0.15, 0.2) is 0 Å². The number of amides is 1. The summed E-state index contributed by atoms with van der Waals surface area (Å²) in [5, 5.41) is 22.6. The minimum absolute atomic E-state index is 0.115. The van der Waals surface area contributed by atoms with Crippen LogP contribution in [-0.2, 0) is 14.4 Å². The molecule has 1 saturated heterocycles. The van der Waals surface area contributed by atoms with E-state index >= 15 is 0 Å². The number of hydrogen-bond donors (Lipinski definition) is 4. The van der Waals surface area contributed by atoms with Gasteiger partial charge in [0.05, 0.1) is 6.04 Å². The lowest BCUT2D eigenvalue weighted by molar-refractivity contribution is -0.143. The van der Waals surface area contributed by atoms with Crippen molar-refractivity contribution >= 4 is 29.6 Å². The molecule has 0 aromatic rings. The summed E-state index contributed by atoms with van der Waals surface area (Å²) in [6.07, 6.45) is -0.402. The zero-order valence-corrected chi connectivity index (χ0v) is 9.83. The van der Waals surface area contributed by atoms with E-state index in [9.17, 15) is 14.4 Å². The predicted octanol–water partition coefficient (Wildman–Crippen LogP) is -0.917. The van der Waals surface area contributed by atoms with Gasteiger partial charge in [-0.25, -0.2) is 4.79 Å². The molecule has 0 aromatic carbocycles. The number of aliphatic carboxylic acids is 2. The summed E-state index contributed by atoms with van der Waals surface area (Å²) < 4.78 is 0. The second-order valence-electron chi connectivity index (χ2n) is 3.60. The summed E-state index contributed by atoms with van der Waals surface area (Å²) in [5.41, 5.74) is 0. The SMILES string of the molecule is O=C(O)CC[C@H](NC(=O)C1CSCN1)C(=O)O. The van der Waals surface area contributed by atoms with Gasteiger partial charge in [0.1, 0.15) is 6.04 Å². The van der Waals surface area contributed by atoms with Crippen molar-refractivity contribution < 1.29 is 24.6 Å². The van der Waals surface area contributed by atoms with Crippen LogP contribution in [0.5, 0.6) is 0 Å². The van der Waals surface area contributed by atoms with E-state index in [2.05, 4.69) is 10.6 Å². The van der Waals surface area contributed by atoms with Gasteiger partial charge in [-0.3, -0.25) is 14.9 Å². The first-order valence-corrected chi connectivity index (χ1v) is 6.22. The van der Waals surface area contributed by atoms with Gasteiger partial charge < -0.3 is 15.5 Å². The average Bonchev–Trinajstić information content (AvgIpc) is 2.76. The molecule has 0 aliphatic carbocycles. The number of carboxylic acids is 2. The molecule has 0 radical (unpaired) electrons. The Kier molecular flexibility index (Phi) is 5.23. The number of carboxylic acid groups (broad SMARTS) is 2. The molecule has 1 amide bonds. The first kappa shape index (κ1) is 13.8. The van der Waals surface area contributed by atoms with Crippen molar-refractivity contribution in [1.82, 2.24) is 10.6 Å². The van der Waals surface area contributed by atoms with E-state index in [1.807, 2.05) is 0 Å². The molecular formula is C9H14N2O5S. The Morgan fingerprint density at radius 1 is 1.41 bits per heavy atom. The van der Waals surface area contributed by atoms with Gasteiger partial charge in [0.25, 0.3) is 0 Å². The summed E-state index contributed by atoms with van der Waals surface area (Å²) in [6, 6.07) is -1.54. The Labute approximate surface area is 102 Å². The second kappa shape index (κ2) is 6.45. The number of hydrogen-bond acceptors (Lipinski definition) is 5. The van der Waals surface area contributed by atoms with Gasteiger partial charge in [-0.05, 0) is 6.42 Å². The van der Waals surface area contributed by atoms with Crippen molar-refractivity contribution in [3.8, 4) is 0 Å². The number of rotatable bonds is 6. The molecule has 1 rings (SSSR count). The minimum atomic E-state index is -1.22. The fourth-order valence-electron chi connectivity index (χ4n) is 1.36. The Balaban J connectivity index is 2.44. The van der Waals surface area contributed by atoms with Crippen LogP contribution in [0.2, 0.25) is 0 Å². The lowest BCUT2D eigenvalue weighted by Gasteiger charge is -2.16. The van der Waals surface area contributed by atoms with Crippen LogP contribution in [0, 0.1) is 0 Å². The Bertz CT molecular complexity index is 317. The zero-order valence-electron chi connectivity index (χ0n) is 9.01. The maximum absolute atomic E-state index is 11.6. The maximum atomic E-state index is 11.6. The van der Waals surface area contributed by atoms with E-state index in [1.54, 1.807) is 11.8 Å². The van der Waals surface area contributed by atoms with Crippen LogP contribution in [0.3, 0.4) is 0 Å². The highest BCUT2D eigenvalue weighted by molar-refractivity contribution is 7.99. The quantitative estimate of drug-likeness (QED) is 0.489. The highest BCUT2D eigenvalue weighted by atomic mass is 32.2. The van der Waals surface area contributed by atoms with E-state index in [4.69, 9.17) is 10.2 Å². The average molecular weight is 262 g/mol. The molecule has 0 aromatic heterocycles. The van der Waals surface area contributed by atoms with Gasteiger partial charge in [-0.15, -0.1) is 11.8 Å². The molecule has 0 spiro atoms. The standard InChI is InChI=1S/C9H14N2O5S/c12-7(13)2-1-5(9(15)16)11-8(14)6-3-17-4-10-6/h5-6,10H,1-4H2,(H,11,14)(H,12,13)(H,15,16)/t5-,6?/m0/s1. The van der Waals surface area contributed by atoms with E-state index in [-0.39, 0.29) is 12.8 Å². The molecule has 1 fully saturated rings. The van der Waals surface area contributed by atoms with Crippen LogP contribution >= 0.6 is 11.8 Å². The van der Waals surface area contributed by atoms with E-state index in [0.29, 0.717) is 11.6 Å². The highest BCUT2D eigenvalue weighted by Crippen LogP contribution is 2.10. The molecule has 17 heavy (non-hydrogen) atoms. The van der Waals surface area contributed by atoms with Crippen LogP contribution in [-0.4, -0.2) is 51.8 Å². The molecule has 2 atom stereocenters. The first-order valence-electron chi connectivity index (χ1n) is 5.07. The smallest absolute Gasteiger partial charge is 0.326 e. The maximum Gasteiger partial charge on any atom is 0.326 e. The Morgan fingerprint density at radius 2 is 2.12 bits per heavy atom. The summed E-state index contributed by atoms with van der Waals surface area (Å²) in [6.45, 7) is 0. The fourth-order valence-corrected chi connectivity index (χ4v) is 2.30. The monoisotopic (exact) mass is 262 g/mol. The third-order valence-electron chi connectivity index (χ3n) is 2.29. The van der Waals surface area contributed by atoms with Crippen molar-refractivity contribution in [2.75, 3.05) is 11.6 Å². The summed E-state index contributed by atoms with van der Waals surface area (Å²) >= 11 is 1.55. The van der Waals surface area contributed by atoms with Crippen molar-refractivity contribution in [2.24, 2.45) is 0 Å². The molecule has 1 aliphatic rings. The second-order valence-corrected chi connectivity index (χ2v) is 4.63. The van der Waals surface area contributed by atoms with Gasteiger partial charge in [-0.2, -0.15) is 0 Å². The number of thioether (sulfide) groups is 1. The summed E-state index contributed by atoms with van der Waals surface area (Å²) in [5.74, 6) is -1.44. The first-order chi connectivity index (χ1) is 8.00. The van der Waals surface area contributed by atoms with E-state index in [0.717, 1.165) is 0 Å². The van der Waals surface area contributed by atoms with Gasteiger partial charge in [0, 0.05) is 18.1 Å². The van der Waals surface area contributed by atoms with Crippen molar-refractivity contribution in [3.05, 3.63) is 0 Å². The van der Waals surface area contributed by atoms with Gasteiger partial charge >= 0.3 is 11.9 Å². The molecule has 8 heteroatoms. The largest absolute Gasteiger partial charge is 0.481 e. The zero-order chi connectivity index (χ0) is 12.8. The molecule has 0 bridgehead atoms. The van der Waals surface area contributed by atoms with Gasteiger partial charge in [0.2, 0.25) is 5.91 Å². The van der Waals surface area contributed by atoms with Crippen molar-refractivity contribution in [1.29, 1.82) is 0 Å². The number of carbonyl (C=O) groups excluding carboxylic acids is 1. The topological polar surface area (TPSA) is 116 Å². The molecule has 0 saturated carbocycles. The normalized spacial score (nSPS) is 20.8. The fraction of sp³-hybridized carbons (Fsp3) is 0.667. The predicted molar refractivity (Wildman–Crippen MR) is 60.7 cm³/mol. The Hall–Kier alpha value is -1.28. The van der Waals surface area contributed by atoms with Crippen molar-refractivity contribution in [3.63, 3.8) is 0 Å². The number of carbonyl (C=O) groups is 3. The Morgan fingerprint density at radius 3 is 2.59 bits per heavy atom. The van der Waals surface area contributed by atoms with E-state index in [1.165, 1.54) is 0 Å². The molecular weight excluding hydrogens is 248 g/mol. The lowest BCUT2D eigenvalue weighted by Crippen LogP contribution is -2.49. The van der Waals surface area contributed by atoms with Crippen molar-refractivity contribution in [2.45, 2.75) is 24.9 Å². The third kappa shape index (κ3) is 4.61. The van der Waals surface area contributed by atoms with Crippen LogP contribution in [0.4, 0.5) is 0 Å². The highest BCUT2D eigenvalue weighted by Gasteiger charge is 2.27.